The summed E-state index contributed by atoms with van der Waals surface area (Å²) in [6.07, 6.45) is 0.236. The molecule has 0 aromatic carbocycles. The van der Waals surface area contributed by atoms with Crippen LogP contribution in [-0.2, 0) is 0 Å². The predicted octanol–water partition coefficient (Wildman–Crippen LogP) is 2.85. The van der Waals surface area contributed by atoms with Gasteiger partial charge in [-0.15, -0.1) is 0 Å². The van der Waals surface area contributed by atoms with Crippen molar-refractivity contribution in [3.05, 3.63) is 0 Å². The molecule has 82 valence electrons. The Morgan fingerprint density at radius 3 is 1.36 bits per heavy atom. The third-order valence-corrected chi connectivity index (χ3v) is 4.05. The fraction of sp³-hybridized carbons (Fsp3) is 1.00. The summed E-state index contributed by atoms with van der Waals surface area (Å²) in [5.41, 5.74) is 3.79. The maximum absolute atomic E-state index is 12.9. The smallest absolute Gasteiger partial charge is 0.317 e. The fourth-order valence-electron chi connectivity index (χ4n) is 2.57. The molecule has 2 saturated carbocycles. The van der Waals surface area contributed by atoms with E-state index in [0.717, 1.165) is 12.8 Å². The molecule has 2 fully saturated rings. The number of halogens is 3. The van der Waals surface area contributed by atoms with E-state index in [1.165, 1.54) is 0 Å². The molecular formula is C10H16F3N. The third-order valence-electron chi connectivity index (χ3n) is 4.05. The van der Waals surface area contributed by atoms with E-state index in [1.54, 1.807) is 0 Å². The maximum Gasteiger partial charge on any atom is 0.406 e. The molecule has 0 saturated heterocycles. The predicted molar refractivity (Wildman–Crippen MR) is 47.7 cm³/mol. The minimum atomic E-state index is -4.22. The zero-order chi connectivity index (χ0) is 10.4. The Morgan fingerprint density at radius 1 is 0.857 bits per heavy atom. The Morgan fingerprint density at radius 2 is 1.21 bits per heavy atom. The van der Waals surface area contributed by atoms with Crippen LogP contribution in [0.15, 0.2) is 0 Å². The van der Waals surface area contributed by atoms with Crippen LogP contribution in [0.4, 0.5) is 13.2 Å². The summed E-state index contributed by atoms with van der Waals surface area (Å²) in [5, 5.41) is 0. The first kappa shape index (κ1) is 10.3. The van der Waals surface area contributed by atoms with Crippen molar-refractivity contribution in [3.63, 3.8) is 0 Å². The first-order chi connectivity index (χ1) is 6.46. The molecule has 2 rings (SSSR count). The van der Waals surface area contributed by atoms with E-state index in [-0.39, 0.29) is 11.8 Å². The van der Waals surface area contributed by atoms with Crippen molar-refractivity contribution in [3.8, 4) is 0 Å². The van der Waals surface area contributed by atoms with Crippen molar-refractivity contribution in [2.45, 2.75) is 50.2 Å². The van der Waals surface area contributed by atoms with Crippen molar-refractivity contribution in [1.82, 2.24) is 0 Å². The molecule has 2 aliphatic carbocycles. The van der Waals surface area contributed by atoms with Crippen LogP contribution in [-0.4, -0.2) is 11.7 Å². The molecule has 1 nitrogen and oxygen atoms in total. The van der Waals surface area contributed by atoms with E-state index in [4.69, 9.17) is 5.73 Å². The van der Waals surface area contributed by atoms with Gasteiger partial charge in [-0.1, -0.05) is 12.8 Å². The van der Waals surface area contributed by atoms with Gasteiger partial charge in [-0.2, -0.15) is 13.2 Å². The Labute approximate surface area is 81.8 Å². The molecule has 0 aromatic rings. The van der Waals surface area contributed by atoms with Crippen LogP contribution < -0.4 is 5.73 Å². The van der Waals surface area contributed by atoms with Crippen molar-refractivity contribution in [2.24, 2.45) is 17.6 Å². The van der Waals surface area contributed by atoms with Crippen LogP contribution in [0.1, 0.15) is 38.5 Å². The van der Waals surface area contributed by atoms with Gasteiger partial charge in [-0.25, -0.2) is 0 Å². The molecule has 0 bridgehead atoms. The Kier molecular flexibility index (Phi) is 2.29. The van der Waals surface area contributed by atoms with Crippen molar-refractivity contribution < 1.29 is 13.2 Å². The van der Waals surface area contributed by atoms with Gasteiger partial charge in [0, 0.05) is 0 Å². The molecule has 0 amide bonds. The summed E-state index contributed by atoms with van der Waals surface area (Å²) in [6.45, 7) is 0. The van der Waals surface area contributed by atoms with Crippen LogP contribution in [0, 0.1) is 11.8 Å². The van der Waals surface area contributed by atoms with Crippen LogP contribution >= 0.6 is 0 Å². The summed E-state index contributed by atoms with van der Waals surface area (Å²) < 4.78 is 38.8. The van der Waals surface area contributed by atoms with E-state index in [1.807, 2.05) is 0 Å². The zero-order valence-electron chi connectivity index (χ0n) is 8.11. The van der Waals surface area contributed by atoms with Gasteiger partial charge in [0.15, 0.2) is 0 Å². The van der Waals surface area contributed by atoms with Gasteiger partial charge in [0.05, 0.1) is 0 Å². The van der Waals surface area contributed by atoms with Crippen LogP contribution in [0.25, 0.3) is 0 Å². The van der Waals surface area contributed by atoms with Crippen molar-refractivity contribution in [1.29, 1.82) is 0 Å². The number of alkyl halides is 3. The Bertz CT molecular complexity index is 202. The van der Waals surface area contributed by atoms with Crippen LogP contribution in [0.2, 0.25) is 0 Å². The second kappa shape index (κ2) is 3.12. The van der Waals surface area contributed by atoms with Gasteiger partial charge in [0.2, 0.25) is 0 Å². The third kappa shape index (κ3) is 1.27. The molecule has 2 aliphatic rings. The highest BCUT2D eigenvalue weighted by molar-refractivity contribution is 5.07. The van der Waals surface area contributed by atoms with Crippen molar-refractivity contribution >= 4 is 0 Å². The lowest BCUT2D eigenvalue weighted by molar-refractivity contribution is -0.233. The molecule has 0 aromatic heterocycles. The lowest BCUT2D eigenvalue weighted by Crippen LogP contribution is -2.66. The molecule has 0 unspecified atom stereocenters. The first-order valence-corrected chi connectivity index (χ1v) is 5.32. The highest BCUT2D eigenvalue weighted by Gasteiger charge is 2.62. The zero-order valence-corrected chi connectivity index (χ0v) is 8.11. The lowest BCUT2D eigenvalue weighted by atomic mass is 9.59. The van der Waals surface area contributed by atoms with Gasteiger partial charge in [0.1, 0.15) is 5.54 Å². The Balaban J connectivity index is 2.18. The molecule has 4 heteroatoms. The van der Waals surface area contributed by atoms with Crippen LogP contribution in [0.3, 0.4) is 0 Å². The standard InChI is InChI=1S/C10H16F3N/c11-10(12,13)9(14,7-3-1-4-7)8-5-2-6-8/h7-8H,1-6,14H2. The number of nitrogens with two attached hydrogens (primary N) is 1. The van der Waals surface area contributed by atoms with Gasteiger partial charge in [-0.05, 0) is 37.5 Å². The molecule has 0 heterocycles. The van der Waals surface area contributed by atoms with E-state index < -0.39 is 11.7 Å². The largest absolute Gasteiger partial charge is 0.406 e. The second-order valence-electron chi connectivity index (χ2n) is 4.69. The number of hydrogen-bond acceptors (Lipinski definition) is 1. The maximum atomic E-state index is 12.9. The summed E-state index contributed by atoms with van der Waals surface area (Å²) in [4.78, 5) is 0. The minimum Gasteiger partial charge on any atom is -0.317 e. The fourth-order valence-corrected chi connectivity index (χ4v) is 2.57. The summed E-state index contributed by atoms with van der Waals surface area (Å²) in [7, 11) is 0. The minimum absolute atomic E-state index is 0.312. The SMILES string of the molecule is NC(C1CCC1)(C1CCC1)C(F)(F)F. The van der Waals surface area contributed by atoms with Gasteiger partial charge in [0.25, 0.3) is 0 Å². The van der Waals surface area contributed by atoms with E-state index in [2.05, 4.69) is 0 Å². The van der Waals surface area contributed by atoms with Crippen LogP contribution in [0.5, 0.6) is 0 Å². The number of hydrogen-bond donors (Lipinski definition) is 1. The molecular weight excluding hydrogens is 191 g/mol. The van der Waals surface area contributed by atoms with E-state index in [9.17, 15) is 13.2 Å². The highest BCUT2D eigenvalue weighted by Crippen LogP contribution is 2.52. The normalized spacial score (nSPS) is 25.7. The molecule has 14 heavy (non-hydrogen) atoms. The van der Waals surface area contributed by atoms with Crippen molar-refractivity contribution in [2.75, 3.05) is 0 Å². The van der Waals surface area contributed by atoms with E-state index >= 15 is 0 Å². The lowest BCUT2D eigenvalue weighted by Gasteiger charge is -2.51. The monoisotopic (exact) mass is 207 g/mol. The average Bonchev–Trinajstić information content (AvgIpc) is 1.74. The molecule has 0 spiro atoms. The average molecular weight is 207 g/mol. The van der Waals surface area contributed by atoms with E-state index in [0.29, 0.717) is 25.7 Å². The van der Waals surface area contributed by atoms with Gasteiger partial charge in [-0.3, -0.25) is 0 Å². The Hall–Kier alpha value is -0.250. The highest BCUT2D eigenvalue weighted by atomic mass is 19.4. The van der Waals surface area contributed by atoms with Gasteiger partial charge < -0.3 is 5.73 Å². The molecule has 2 N–H and O–H groups in total. The second-order valence-corrected chi connectivity index (χ2v) is 4.69. The first-order valence-electron chi connectivity index (χ1n) is 5.32. The summed E-state index contributed by atoms with van der Waals surface area (Å²) in [6, 6.07) is 0. The molecule has 0 aliphatic heterocycles. The topological polar surface area (TPSA) is 26.0 Å². The summed E-state index contributed by atoms with van der Waals surface area (Å²) >= 11 is 0. The number of rotatable bonds is 2. The van der Waals surface area contributed by atoms with Gasteiger partial charge >= 0.3 is 6.18 Å². The molecule has 0 radical (unpaired) electrons. The quantitative estimate of drug-likeness (QED) is 0.740. The summed E-state index contributed by atoms with van der Waals surface area (Å²) in [5.74, 6) is -0.624. The molecule has 0 atom stereocenters.